The average molecular weight is 248 g/mol. The summed E-state index contributed by atoms with van der Waals surface area (Å²) in [7, 11) is 0. The summed E-state index contributed by atoms with van der Waals surface area (Å²) in [6.45, 7) is 8.54. The molecule has 2 atom stereocenters. The zero-order valence-corrected chi connectivity index (χ0v) is 11.7. The fraction of sp³-hybridized carbons (Fsp3) is 0.714. The number of anilines is 1. The molecule has 0 radical (unpaired) electrons. The first-order valence-corrected chi connectivity index (χ1v) is 7.01. The first-order chi connectivity index (χ1) is 8.72. The van der Waals surface area contributed by atoms with Crippen LogP contribution < -0.4 is 10.2 Å². The lowest BCUT2D eigenvalue weighted by molar-refractivity contribution is 0.368. The monoisotopic (exact) mass is 248 g/mol. The van der Waals surface area contributed by atoms with Crippen LogP contribution in [0.15, 0.2) is 12.4 Å². The van der Waals surface area contributed by atoms with E-state index in [1.165, 1.54) is 19.3 Å². The molecule has 0 aromatic carbocycles. The van der Waals surface area contributed by atoms with Gasteiger partial charge in [0.15, 0.2) is 0 Å². The van der Waals surface area contributed by atoms with E-state index in [2.05, 4.69) is 34.0 Å². The Morgan fingerprint density at radius 3 is 2.78 bits per heavy atom. The molecule has 0 saturated carbocycles. The molecular weight excluding hydrogens is 224 g/mol. The molecule has 0 amide bonds. The molecule has 4 nitrogen and oxygen atoms in total. The minimum Gasteiger partial charge on any atom is -0.336 e. The third-order valence-electron chi connectivity index (χ3n) is 3.68. The van der Waals surface area contributed by atoms with E-state index in [0.29, 0.717) is 12.1 Å². The highest BCUT2D eigenvalue weighted by Gasteiger charge is 2.28. The number of hydrogen-bond donors (Lipinski definition) is 1. The van der Waals surface area contributed by atoms with E-state index >= 15 is 0 Å². The van der Waals surface area contributed by atoms with E-state index < -0.39 is 0 Å². The summed E-state index contributed by atoms with van der Waals surface area (Å²) in [4.78, 5) is 11.3. The van der Waals surface area contributed by atoms with E-state index in [1.54, 1.807) is 0 Å². The van der Waals surface area contributed by atoms with E-state index in [4.69, 9.17) is 0 Å². The van der Waals surface area contributed by atoms with Gasteiger partial charge in [-0.1, -0.05) is 6.92 Å². The summed E-state index contributed by atoms with van der Waals surface area (Å²) in [6.07, 6.45) is 7.60. The molecule has 1 N–H and O–H groups in total. The van der Waals surface area contributed by atoms with Crippen LogP contribution in [0.4, 0.5) is 5.95 Å². The van der Waals surface area contributed by atoms with Gasteiger partial charge >= 0.3 is 0 Å². The number of aromatic nitrogens is 2. The molecule has 1 fully saturated rings. The zero-order chi connectivity index (χ0) is 13.0. The van der Waals surface area contributed by atoms with Crippen molar-refractivity contribution in [3.05, 3.63) is 18.0 Å². The van der Waals surface area contributed by atoms with Crippen molar-refractivity contribution in [2.45, 2.75) is 52.1 Å². The largest absolute Gasteiger partial charge is 0.336 e. The van der Waals surface area contributed by atoms with Gasteiger partial charge in [-0.05, 0) is 45.2 Å². The van der Waals surface area contributed by atoms with E-state index in [9.17, 15) is 0 Å². The second kappa shape index (κ2) is 6.14. The quantitative estimate of drug-likeness (QED) is 0.886. The van der Waals surface area contributed by atoms with Gasteiger partial charge in [0.25, 0.3) is 0 Å². The van der Waals surface area contributed by atoms with Crippen molar-refractivity contribution in [2.24, 2.45) is 0 Å². The first kappa shape index (κ1) is 13.3. The summed E-state index contributed by atoms with van der Waals surface area (Å²) in [5.41, 5.74) is 1.12. The number of likely N-dealkylation sites (N-methyl/N-ethyl adjacent to an activating group) is 1. The fourth-order valence-electron chi connectivity index (χ4n) is 2.72. The number of hydrogen-bond acceptors (Lipinski definition) is 4. The standard InChI is InChI=1S/C14H24N4/c1-4-15-12(3)13-7-5-6-8-18(13)14-16-9-11(2)10-17-14/h9-10,12-13,15H,4-8H2,1-3H3. The number of nitrogens with zero attached hydrogens (tertiary/aromatic N) is 3. The number of nitrogens with one attached hydrogen (secondary N) is 1. The molecule has 2 rings (SSSR count). The van der Waals surface area contributed by atoms with Crippen molar-refractivity contribution in [3.63, 3.8) is 0 Å². The predicted molar refractivity (Wildman–Crippen MR) is 74.9 cm³/mol. The Morgan fingerprint density at radius 1 is 1.39 bits per heavy atom. The number of piperidine rings is 1. The van der Waals surface area contributed by atoms with Crippen LogP contribution in [0.3, 0.4) is 0 Å². The minimum atomic E-state index is 0.486. The van der Waals surface area contributed by atoms with Gasteiger partial charge in [-0.2, -0.15) is 0 Å². The van der Waals surface area contributed by atoms with Gasteiger partial charge in [-0.3, -0.25) is 0 Å². The Balaban J connectivity index is 2.14. The molecule has 1 aliphatic rings. The van der Waals surface area contributed by atoms with Crippen LogP contribution in [0.5, 0.6) is 0 Å². The molecule has 1 aliphatic heterocycles. The molecule has 0 spiro atoms. The molecule has 0 aliphatic carbocycles. The van der Waals surface area contributed by atoms with Crippen LogP contribution >= 0.6 is 0 Å². The van der Waals surface area contributed by atoms with E-state index in [-0.39, 0.29) is 0 Å². The maximum atomic E-state index is 4.48. The lowest BCUT2D eigenvalue weighted by atomic mass is 9.97. The van der Waals surface area contributed by atoms with E-state index in [0.717, 1.165) is 24.6 Å². The van der Waals surface area contributed by atoms with Crippen molar-refractivity contribution in [2.75, 3.05) is 18.0 Å². The Kier molecular flexibility index (Phi) is 4.53. The first-order valence-electron chi connectivity index (χ1n) is 7.01. The average Bonchev–Trinajstić information content (AvgIpc) is 2.40. The summed E-state index contributed by atoms with van der Waals surface area (Å²) in [6, 6.07) is 1.00. The predicted octanol–water partition coefficient (Wildman–Crippen LogP) is 2.14. The van der Waals surface area contributed by atoms with Gasteiger partial charge in [0.05, 0.1) is 0 Å². The number of aryl methyl sites for hydroxylation is 1. The molecular formula is C14H24N4. The molecule has 1 aromatic heterocycles. The zero-order valence-electron chi connectivity index (χ0n) is 11.7. The van der Waals surface area contributed by atoms with Gasteiger partial charge in [-0.25, -0.2) is 9.97 Å². The highest BCUT2D eigenvalue weighted by Crippen LogP contribution is 2.23. The maximum absolute atomic E-state index is 4.48. The van der Waals surface area contributed by atoms with Gasteiger partial charge in [0.1, 0.15) is 0 Å². The van der Waals surface area contributed by atoms with Crippen LogP contribution in [0.2, 0.25) is 0 Å². The van der Waals surface area contributed by atoms with Crippen LogP contribution in [-0.4, -0.2) is 35.1 Å². The third kappa shape index (κ3) is 2.99. The van der Waals surface area contributed by atoms with Gasteiger partial charge < -0.3 is 10.2 Å². The number of rotatable bonds is 4. The smallest absolute Gasteiger partial charge is 0.225 e. The van der Waals surface area contributed by atoms with Crippen LogP contribution in [-0.2, 0) is 0 Å². The minimum absolute atomic E-state index is 0.486. The molecule has 18 heavy (non-hydrogen) atoms. The van der Waals surface area contributed by atoms with Crippen molar-refractivity contribution >= 4 is 5.95 Å². The highest BCUT2D eigenvalue weighted by atomic mass is 15.3. The lowest BCUT2D eigenvalue weighted by Gasteiger charge is -2.39. The van der Waals surface area contributed by atoms with Crippen LogP contribution in [0, 0.1) is 6.92 Å². The van der Waals surface area contributed by atoms with Crippen LogP contribution in [0.1, 0.15) is 38.7 Å². The normalized spacial score (nSPS) is 21.9. The summed E-state index contributed by atoms with van der Waals surface area (Å²) < 4.78 is 0. The molecule has 4 heteroatoms. The van der Waals surface area contributed by atoms with Crippen molar-refractivity contribution in [1.29, 1.82) is 0 Å². The Morgan fingerprint density at radius 2 is 2.11 bits per heavy atom. The summed E-state index contributed by atoms with van der Waals surface area (Å²) in [5, 5.41) is 3.53. The molecule has 2 heterocycles. The van der Waals surface area contributed by atoms with Crippen LogP contribution in [0.25, 0.3) is 0 Å². The molecule has 0 bridgehead atoms. The van der Waals surface area contributed by atoms with Gasteiger partial charge in [-0.15, -0.1) is 0 Å². The highest BCUT2D eigenvalue weighted by molar-refractivity contribution is 5.33. The SMILES string of the molecule is CCNC(C)C1CCCCN1c1ncc(C)cn1. The Bertz CT molecular complexity index is 363. The molecule has 2 unspecified atom stereocenters. The van der Waals surface area contributed by atoms with Crippen molar-refractivity contribution < 1.29 is 0 Å². The van der Waals surface area contributed by atoms with Crippen molar-refractivity contribution in [3.8, 4) is 0 Å². The second-order valence-electron chi connectivity index (χ2n) is 5.16. The van der Waals surface area contributed by atoms with Gasteiger partial charge in [0, 0.05) is 31.0 Å². The topological polar surface area (TPSA) is 41.0 Å². The van der Waals surface area contributed by atoms with Gasteiger partial charge in [0.2, 0.25) is 5.95 Å². The summed E-state index contributed by atoms with van der Waals surface area (Å²) in [5.74, 6) is 0.884. The fourth-order valence-corrected chi connectivity index (χ4v) is 2.72. The maximum Gasteiger partial charge on any atom is 0.225 e. The second-order valence-corrected chi connectivity index (χ2v) is 5.16. The Labute approximate surface area is 110 Å². The Hall–Kier alpha value is -1.16. The molecule has 1 aromatic rings. The van der Waals surface area contributed by atoms with Crippen molar-refractivity contribution in [1.82, 2.24) is 15.3 Å². The third-order valence-corrected chi connectivity index (χ3v) is 3.68. The molecule has 100 valence electrons. The molecule has 1 saturated heterocycles. The lowest BCUT2D eigenvalue weighted by Crippen LogP contribution is -2.51. The van der Waals surface area contributed by atoms with E-state index in [1.807, 2.05) is 19.3 Å². The summed E-state index contributed by atoms with van der Waals surface area (Å²) >= 11 is 0.